The molecule has 0 aliphatic rings. The molecule has 0 aliphatic carbocycles. The molecular weight excluding hydrogens is 324 g/mol. The van der Waals surface area contributed by atoms with E-state index < -0.39 is 0 Å². The number of nitrogens with zero attached hydrogens (tertiary/aromatic N) is 2. The molecule has 2 N–H and O–H groups in total. The van der Waals surface area contributed by atoms with E-state index in [0.717, 1.165) is 30.2 Å². The molecule has 0 fully saturated rings. The van der Waals surface area contributed by atoms with E-state index in [1.54, 1.807) is 14.2 Å². The van der Waals surface area contributed by atoms with Crippen LogP contribution in [0.1, 0.15) is 11.1 Å². The van der Waals surface area contributed by atoms with Gasteiger partial charge in [0, 0.05) is 31.7 Å². The SMILES string of the molecule is CN=C(NCCc1cccc2cccnc12)NCc1ccc(OC)cc1. The van der Waals surface area contributed by atoms with Gasteiger partial charge in [0.15, 0.2) is 5.96 Å². The molecule has 5 heteroatoms. The molecule has 3 rings (SSSR count). The summed E-state index contributed by atoms with van der Waals surface area (Å²) in [6.45, 7) is 1.50. The van der Waals surface area contributed by atoms with Crippen LogP contribution in [0.5, 0.6) is 5.75 Å². The third-order valence-electron chi connectivity index (χ3n) is 4.25. The van der Waals surface area contributed by atoms with Gasteiger partial charge in [0.2, 0.25) is 0 Å². The van der Waals surface area contributed by atoms with Crippen LogP contribution >= 0.6 is 0 Å². The maximum Gasteiger partial charge on any atom is 0.191 e. The van der Waals surface area contributed by atoms with Crippen molar-refractivity contribution in [3.05, 3.63) is 71.9 Å². The zero-order valence-electron chi connectivity index (χ0n) is 15.2. The molecule has 0 saturated carbocycles. The largest absolute Gasteiger partial charge is 0.497 e. The van der Waals surface area contributed by atoms with Crippen LogP contribution in [0.2, 0.25) is 0 Å². The summed E-state index contributed by atoms with van der Waals surface area (Å²) >= 11 is 0. The van der Waals surface area contributed by atoms with Gasteiger partial charge in [-0.2, -0.15) is 0 Å². The van der Waals surface area contributed by atoms with Crippen LogP contribution in [0.15, 0.2) is 65.8 Å². The first-order valence-electron chi connectivity index (χ1n) is 8.70. The maximum absolute atomic E-state index is 5.18. The van der Waals surface area contributed by atoms with E-state index in [9.17, 15) is 0 Å². The number of aromatic nitrogens is 1. The van der Waals surface area contributed by atoms with Crippen LogP contribution in [0.4, 0.5) is 0 Å². The van der Waals surface area contributed by atoms with Crippen molar-refractivity contribution in [2.24, 2.45) is 4.99 Å². The highest BCUT2D eigenvalue weighted by Crippen LogP contribution is 2.16. The van der Waals surface area contributed by atoms with Gasteiger partial charge in [-0.15, -0.1) is 0 Å². The van der Waals surface area contributed by atoms with Crippen molar-refractivity contribution in [1.82, 2.24) is 15.6 Å². The Hall–Kier alpha value is -3.08. The van der Waals surface area contributed by atoms with Crippen LogP contribution in [-0.2, 0) is 13.0 Å². The van der Waals surface area contributed by atoms with Gasteiger partial charge in [-0.05, 0) is 35.7 Å². The normalized spacial score (nSPS) is 11.4. The number of guanidine groups is 1. The lowest BCUT2D eigenvalue weighted by Crippen LogP contribution is -2.37. The number of para-hydroxylation sites is 1. The summed E-state index contributed by atoms with van der Waals surface area (Å²) < 4.78 is 5.18. The van der Waals surface area contributed by atoms with E-state index in [1.165, 1.54) is 16.5 Å². The van der Waals surface area contributed by atoms with Crippen molar-refractivity contribution >= 4 is 16.9 Å². The number of fused-ring (bicyclic) bond motifs is 1. The first-order chi connectivity index (χ1) is 12.8. The number of ether oxygens (including phenoxy) is 1. The second kappa shape index (κ2) is 8.85. The fraction of sp³-hybridized carbons (Fsp3) is 0.238. The third-order valence-corrected chi connectivity index (χ3v) is 4.25. The van der Waals surface area contributed by atoms with Crippen LogP contribution in [-0.4, -0.2) is 31.6 Å². The Labute approximate surface area is 154 Å². The highest BCUT2D eigenvalue weighted by molar-refractivity contribution is 5.82. The maximum atomic E-state index is 5.18. The molecule has 0 atom stereocenters. The highest BCUT2D eigenvalue weighted by Gasteiger charge is 2.03. The van der Waals surface area contributed by atoms with Crippen LogP contribution in [0, 0.1) is 0 Å². The van der Waals surface area contributed by atoms with Crippen molar-refractivity contribution in [3.8, 4) is 5.75 Å². The summed E-state index contributed by atoms with van der Waals surface area (Å²) in [5.74, 6) is 1.65. The number of hydrogen-bond donors (Lipinski definition) is 2. The first kappa shape index (κ1) is 17.7. The number of nitrogens with one attached hydrogen (secondary N) is 2. The Bertz CT molecular complexity index is 869. The Morgan fingerprint density at radius 2 is 1.85 bits per heavy atom. The first-order valence-corrected chi connectivity index (χ1v) is 8.70. The molecule has 0 radical (unpaired) electrons. The quantitative estimate of drug-likeness (QED) is 0.531. The summed E-state index contributed by atoms with van der Waals surface area (Å²) in [7, 11) is 3.45. The number of methoxy groups -OCH3 is 1. The Morgan fingerprint density at radius 1 is 1.04 bits per heavy atom. The molecule has 0 amide bonds. The molecule has 2 aromatic carbocycles. The van der Waals surface area contributed by atoms with Crippen LogP contribution in [0.3, 0.4) is 0 Å². The fourth-order valence-corrected chi connectivity index (χ4v) is 2.83. The molecule has 1 heterocycles. The second-order valence-corrected chi connectivity index (χ2v) is 5.94. The fourth-order valence-electron chi connectivity index (χ4n) is 2.83. The van der Waals surface area contributed by atoms with E-state index in [2.05, 4.69) is 44.9 Å². The van der Waals surface area contributed by atoms with Crippen molar-refractivity contribution in [3.63, 3.8) is 0 Å². The zero-order valence-corrected chi connectivity index (χ0v) is 15.2. The lowest BCUT2D eigenvalue weighted by molar-refractivity contribution is 0.414. The summed E-state index contributed by atoms with van der Waals surface area (Å²) in [6.07, 6.45) is 2.73. The molecule has 0 bridgehead atoms. The standard InChI is InChI=1S/C21H24N4O/c1-22-21(25-15-16-8-10-19(26-2)11-9-16)24-14-12-18-6-3-5-17-7-4-13-23-20(17)18/h3-11,13H,12,14-15H2,1-2H3,(H2,22,24,25). The third kappa shape index (κ3) is 4.51. The van der Waals surface area contributed by atoms with Gasteiger partial charge in [0.25, 0.3) is 0 Å². The molecule has 5 nitrogen and oxygen atoms in total. The van der Waals surface area contributed by atoms with Crippen molar-refractivity contribution in [2.45, 2.75) is 13.0 Å². The summed E-state index contributed by atoms with van der Waals surface area (Å²) in [6, 6.07) is 18.4. The Kier molecular flexibility index (Phi) is 6.04. The van der Waals surface area contributed by atoms with E-state index in [1.807, 2.05) is 36.5 Å². The summed E-state index contributed by atoms with van der Waals surface area (Å²) in [5.41, 5.74) is 3.48. The van der Waals surface area contributed by atoms with Gasteiger partial charge < -0.3 is 15.4 Å². The summed E-state index contributed by atoms with van der Waals surface area (Å²) in [4.78, 5) is 8.79. The van der Waals surface area contributed by atoms with E-state index in [-0.39, 0.29) is 0 Å². The molecular formula is C21H24N4O. The van der Waals surface area contributed by atoms with E-state index in [4.69, 9.17) is 4.74 Å². The van der Waals surface area contributed by atoms with E-state index in [0.29, 0.717) is 6.54 Å². The Balaban J connectivity index is 1.52. The Morgan fingerprint density at radius 3 is 2.62 bits per heavy atom. The van der Waals surface area contributed by atoms with Gasteiger partial charge >= 0.3 is 0 Å². The van der Waals surface area contributed by atoms with Crippen LogP contribution < -0.4 is 15.4 Å². The molecule has 0 aliphatic heterocycles. The molecule has 0 spiro atoms. The monoisotopic (exact) mass is 348 g/mol. The number of rotatable bonds is 6. The number of aliphatic imine (C=N–C) groups is 1. The number of hydrogen-bond acceptors (Lipinski definition) is 3. The predicted molar refractivity (Wildman–Crippen MR) is 107 cm³/mol. The minimum atomic E-state index is 0.708. The van der Waals surface area contributed by atoms with Gasteiger partial charge in [-0.1, -0.05) is 36.4 Å². The van der Waals surface area contributed by atoms with Crippen LogP contribution in [0.25, 0.3) is 10.9 Å². The molecule has 134 valence electrons. The average Bonchev–Trinajstić information content (AvgIpc) is 2.71. The van der Waals surface area contributed by atoms with Gasteiger partial charge in [-0.3, -0.25) is 9.98 Å². The smallest absolute Gasteiger partial charge is 0.191 e. The minimum Gasteiger partial charge on any atom is -0.497 e. The molecule has 3 aromatic rings. The van der Waals surface area contributed by atoms with E-state index >= 15 is 0 Å². The lowest BCUT2D eigenvalue weighted by Gasteiger charge is -2.13. The molecule has 26 heavy (non-hydrogen) atoms. The summed E-state index contributed by atoms with van der Waals surface area (Å²) in [5, 5.41) is 7.86. The molecule has 0 saturated heterocycles. The second-order valence-electron chi connectivity index (χ2n) is 5.94. The van der Waals surface area contributed by atoms with Crippen molar-refractivity contribution < 1.29 is 4.74 Å². The van der Waals surface area contributed by atoms with Gasteiger partial charge in [-0.25, -0.2) is 0 Å². The van der Waals surface area contributed by atoms with Gasteiger partial charge in [0.1, 0.15) is 5.75 Å². The van der Waals surface area contributed by atoms with Gasteiger partial charge in [0.05, 0.1) is 12.6 Å². The molecule has 1 aromatic heterocycles. The topological polar surface area (TPSA) is 58.5 Å². The number of benzene rings is 2. The minimum absolute atomic E-state index is 0.708. The number of pyridine rings is 1. The van der Waals surface area contributed by atoms with Crippen molar-refractivity contribution in [2.75, 3.05) is 20.7 Å². The predicted octanol–water partition coefficient (Wildman–Crippen LogP) is 3.15. The molecule has 0 unspecified atom stereocenters. The average molecular weight is 348 g/mol. The zero-order chi connectivity index (χ0) is 18.2. The van der Waals surface area contributed by atoms with Crippen molar-refractivity contribution in [1.29, 1.82) is 0 Å². The lowest BCUT2D eigenvalue weighted by atomic mass is 10.1. The highest BCUT2D eigenvalue weighted by atomic mass is 16.5.